The van der Waals surface area contributed by atoms with Gasteiger partial charge < -0.3 is 14.6 Å². The van der Waals surface area contributed by atoms with E-state index in [1.807, 2.05) is 42.6 Å². The van der Waals surface area contributed by atoms with E-state index in [0.29, 0.717) is 24.3 Å². The largest absolute Gasteiger partial charge is 0.497 e. The Morgan fingerprint density at radius 1 is 1.08 bits per heavy atom. The molecule has 1 saturated heterocycles. The van der Waals surface area contributed by atoms with E-state index in [4.69, 9.17) is 9.47 Å². The molecule has 0 saturated carbocycles. The van der Waals surface area contributed by atoms with Crippen LogP contribution in [0.2, 0.25) is 0 Å². The van der Waals surface area contributed by atoms with E-state index in [2.05, 4.69) is 9.88 Å². The Bertz CT molecular complexity index is 645. The fraction of sp³-hybridized carbons (Fsp3) is 0.421. The van der Waals surface area contributed by atoms with Gasteiger partial charge in [-0.2, -0.15) is 0 Å². The Kier molecular flexibility index (Phi) is 5.02. The first-order chi connectivity index (χ1) is 11.6. The van der Waals surface area contributed by atoms with Crippen molar-refractivity contribution in [3.05, 3.63) is 53.9 Å². The van der Waals surface area contributed by atoms with Gasteiger partial charge in [-0.15, -0.1) is 0 Å². The normalized spacial score (nSPS) is 17.5. The SMILES string of the molecule is COc1cc(OC)cc(C2(O)CCN(Cc3ccccn3)CC2)c1. The third-order valence-electron chi connectivity index (χ3n) is 4.68. The summed E-state index contributed by atoms with van der Waals surface area (Å²) >= 11 is 0. The van der Waals surface area contributed by atoms with E-state index in [0.717, 1.165) is 30.9 Å². The van der Waals surface area contributed by atoms with E-state index in [1.165, 1.54) is 0 Å². The number of piperidine rings is 1. The van der Waals surface area contributed by atoms with Crippen LogP contribution in [0.15, 0.2) is 42.6 Å². The molecule has 2 heterocycles. The molecule has 0 aliphatic carbocycles. The van der Waals surface area contributed by atoms with Crippen LogP contribution in [0.4, 0.5) is 0 Å². The van der Waals surface area contributed by atoms with Crippen molar-refractivity contribution in [3.63, 3.8) is 0 Å². The van der Waals surface area contributed by atoms with Gasteiger partial charge in [-0.05, 0) is 42.7 Å². The maximum absolute atomic E-state index is 11.1. The number of methoxy groups -OCH3 is 2. The number of aromatic nitrogens is 1. The number of pyridine rings is 1. The Morgan fingerprint density at radius 2 is 1.75 bits per heavy atom. The summed E-state index contributed by atoms with van der Waals surface area (Å²) in [5.74, 6) is 1.40. The molecule has 5 heteroatoms. The first kappa shape index (κ1) is 16.7. The van der Waals surface area contributed by atoms with Crippen LogP contribution in [0, 0.1) is 0 Å². The molecule has 1 aromatic heterocycles. The quantitative estimate of drug-likeness (QED) is 0.914. The van der Waals surface area contributed by atoms with Gasteiger partial charge in [0.2, 0.25) is 0 Å². The van der Waals surface area contributed by atoms with Gasteiger partial charge in [0.15, 0.2) is 0 Å². The van der Waals surface area contributed by atoms with Gasteiger partial charge in [0.05, 0.1) is 25.5 Å². The minimum atomic E-state index is -0.845. The molecule has 0 unspecified atom stereocenters. The molecular formula is C19H24N2O3. The van der Waals surface area contributed by atoms with Crippen LogP contribution in [-0.4, -0.2) is 42.3 Å². The van der Waals surface area contributed by atoms with Crippen molar-refractivity contribution < 1.29 is 14.6 Å². The molecule has 0 radical (unpaired) electrons. The molecule has 1 aliphatic rings. The lowest BCUT2D eigenvalue weighted by atomic mass is 9.84. The van der Waals surface area contributed by atoms with Crippen molar-refractivity contribution in [3.8, 4) is 11.5 Å². The zero-order chi connectivity index (χ0) is 17.0. The highest BCUT2D eigenvalue weighted by atomic mass is 16.5. The summed E-state index contributed by atoms with van der Waals surface area (Å²) in [5, 5.41) is 11.1. The standard InChI is InChI=1S/C19H24N2O3/c1-23-17-11-15(12-18(13-17)24-2)19(22)6-9-21(10-7-19)14-16-5-3-4-8-20-16/h3-5,8,11-13,22H,6-7,9-10,14H2,1-2H3. The topological polar surface area (TPSA) is 54.8 Å². The van der Waals surface area contributed by atoms with E-state index < -0.39 is 5.60 Å². The molecule has 5 nitrogen and oxygen atoms in total. The van der Waals surface area contributed by atoms with E-state index in [9.17, 15) is 5.11 Å². The molecule has 1 fully saturated rings. The van der Waals surface area contributed by atoms with Crippen molar-refractivity contribution in [2.75, 3.05) is 27.3 Å². The third-order valence-corrected chi connectivity index (χ3v) is 4.68. The molecule has 0 amide bonds. The second-order valence-electron chi connectivity index (χ2n) is 6.23. The number of benzene rings is 1. The molecule has 0 atom stereocenters. The summed E-state index contributed by atoms with van der Waals surface area (Å²) < 4.78 is 10.6. The Balaban J connectivity index is 1.70. The van der Waals surface area contributed by atoms with Gasteiger partial charge in [-0.25, -0.2) is 0 Å². The van der Waals surface area contributed by atoms with Crippen LogP contribution in [0.25, 0.3) is 0 Å². The van der Waals surface area contributed by atoms with Crippen molar-refractivity contribution in [2.24, 2.45) is 0 Å². The maximum atomic E-state index is 11.1. The second kappa shape index (κ2) is 7.20. The van der Waals surface area contributed by atoms with E-state index >= 15 is 0 Å². The minimum Gasteiger partial charge on any atom is -0.497 e. The lowest BCUT2D eigenvalue weighted by molar-refractivity contribution is -0.0282. The highest BCUT2D eigenvalue weighted by Gasteiger charge is 2.34. The molecule has 1 N–H and O–H groups in total. The number of aliphatic hydroxyl groups is 1. The number of ether oxygens (including phenoxy) is 2. The van der Waals surface area contributed by atoms with Crippen LogP contribution in [-0.2, 0) is 12.1 Å². The lowest BCUT2D eigenvalue weighted by Crippen LogP contribution is -2.42. The van der Waals surface area contributed by atoms with Gasteiger partial charge in [0, 0.05) is 31.9 Å². The van der Waals surface area contributed by atoms with Crippen molar-refractivity contribution in [1.82, 2.24) is 9.88 Å². The van der Waals surface area contributed by atoms with Gasteiger partial charge in [0.1, 0.15) is 11.5 Å². The Morgan fingerprint density at radius 3 is 2.29 bits per heavy atom. The van der Waals surface area contributed by atoms with Gasteiger partial charge in [-0.1, -0.05) is 6.07 Å². The maximum Gasteiger partial charge on any atom is 0.122 e. The molecule has 0 bridgehead atoms. The van der Waals surface area contributed by atoms with Crippen LogP contribution in [0.1, 0.15) is 24.1 Å². The number of rotatable bonds is 5. The van der Waals surface area contributed by atoms with Crippen LogP contribution < -0.4 is 9.47 Å². The molecule has 0 spiro atoms. The summed E-state index contributed by atoms with van der Waals surface area (Å²) in [7, 11) is 3.25. The Labute approximate surface area is 142 Å². The fourth-order valence-electron chi connectivity index (χ4n) is 3.17. The zero-order valence-electron chi connectivity index (χ0n) is 14.2. The van der Waals surface area contributed by atoms with Crippen molar-refractivity contribution in [2.45, 2.75) is 25.0 Å². The van der Waals surface area contributed by atoms with Gasteiger partial charge >= 0.3 is 0 Å². The highest BCUT2D eigenvalue weighted by Crippen LogP contribution is 2.37. The Hall–Kier alpha value is -2.11. The zero-order valence-corrected chi connectivity index (χ0v) is 14.2. The van der Waals surface area contributed by atoms with Crippen molar-refractivity contribution in [1.29, 1.82) is 0 Å². The molecule has 3 rings (SSSR count). The van der Waals surface area contributed by atoms with Crippen LogP contribution in [0.5, 0.6) is 11.5 Å². The number of hydrogen-bond acceptors (Lipinski definition) is 5. The predicted octanol–water partition coefficient (Wildman–Crippen LogP) is 2.58. The fourth-order valence-corrected chi connectivity index (χ4v) is 3.17. The summed E-state index contributed by atoms with van der Waals surface area (Å²) in [6.45, 7) is 2.47. The summed E-state index contributed by atoms with van der Waals surface area (Å²) in [4.78, 5) is 6.70. The highest BCUT2D eigenvalue weighted by molar-refractivity contribution is 5.41. The molecule has 2 aromatic rings. The minimum absolute atomic E-state index is 0.677. The summed E-state index contributed by atoms with van der Waals surface area (Å²) in [5.41, 5.74) is 1.07. The summed E-state index contributed by atoms with van der Waals surface area (Å²) in [6, 6.07) is 11.6. The first-order valence-electron chi connectivity index (χ1n) is 8.21. The number of hydrogen-bond donors (Lipinski definition) is 1. The third kappa shape index (κ3) is 3.68. The number of likely N-dealkylation sites (tertiary alicyclic amines) is 1. The molecule has 1 aromatic carbocycles. The van der Waals surface area contributed by atoms with Gasteiger partial charge in [0.25, 0.3) is 0 Å². The average Bonchev–Trinajstić information content (AvgIpc) is 2.64. The number of nitrogens with zero attached hydrogens (tertiary/aromatic N) is 2. The second-order valence-corrected chi connectivity index (χ2v) is 6.23. The average molecular weight is 328 g/mol. The first-order valence-corrected chi connectivity index (χ1v) is 8.21. The molecule has 24 heavy (non-hydrogen) atoms. The monoisotopic (exact) mass is 328 g/mol. The van der Waals surface area contributed by atoms with E-state index in [-0.39, 0.29) is 0 Å². The summed E-state index contributed by atoms with van der Waals surface area (Å²) in [6.07, 6.45) is 3.17. The molecular weight excluding hydrogens is 304 g/mol. The molecule has 128 valence electrons. The smallest absolute Gasteiger partial charge is 0.122 e. The predicted molar refractivity (Wildman–Crippen MR) is 92.2 cm³/mol. The van der Waals surface area contributed by atoms with E-state index in [1.54, 1.807) is 14.2 Å². The van der Waals surface area contributed by atoms with Crippen LogP contribution >= 0.6 is 0 Å². The van der Waals surface area contributed by atoms with Gasteiger partial charge in [-0.3, -0.25) is 9.88 Å². The lowest BCUT2D eigenvalue weighted by Gasteiger charge is -2.38. The van der Waals surface area contributed by atoms with Crippen LogP contribution in [0.3, 0.4) is 0 Å². The molecule has 1 aliphatic heterocycles. The van der Waals surface area contributed by atoms with Crippen molar-refractivity contribution >= 4 is 0 Å².